The molecule has 0 aromatic heterocycles. The zero-order valence-electron chi connectivity index (χ0n) is 15.0. The number of rotatable bonds is 1. The third-order valence-electron chi connectivity index (χ3n) is 4.66. The maximum Gasteiger partial charge on any atom is 0.316 e. The van der Waals surface area contributed by atoms with Crippen molar-refractivity contribution >= 4 is 17.5 Å². The zero-order chi connectivity index (χ0) is 18.3. The average molecular weight is 333 g/mol. The summed E-state index contributed by atoms with van der Waals surface area (Å²) in [5.74, 6) is -1.03. The number of likely N-dealkylation sites (N-methyl/N-ethyl adjacent to an activating group) is 1. The number of hydrogen-bond acceptors (Lipinski definition) is 4. The number of amides is 2. The molecule has 24 heavy (non-hydrogen) atoms. The van der Waals surface area contributed by atoms with Crippen molar-refractivity contribution in [2.75, 3.05) is 11.9 Å². The van der Waals surface area contributed by atoms with E-state index in [1.807, 2.05) is 27.7 Å². The molecule has 132 valence electrons. The van der Waals surface area contributed by atoms with Gasteiger partial charge in [0, 0.05) is 29.9 Å². The van der Waals surface area contributed by atoms with E-state index in [4.69, 9.17) is 5.73 Å². The molecule has 2 amide bonds. The number of aromatic hydroxyl groups is 1. The molecule has 1 aliphatic heterocycles. The van der Waals surface area contributed by atoms with Crippen LogP contribution in [0.3, 0.4) is 0 Å². The molecule has 0 unspecified atom stereocenters. The summed E-state index contributed by atoms with van der Waals surface area (Å²) in [6.45, 7) is 7.78. The van der Waals surface area contributed by atoms with Crippen molar-refractivity contribution in [2.24, 2.45) is 5.73 Å². The first kappa shape index (κ1) is 18.3. The summed E-state index contributed by atoms with van der Waals surface area (Å²) < 4.78 is 0. The van der Waals surface area contributed by atoms with Gasteiger partial charge in [-0.15, -0.1) is 0 Å². The maximum absolute atomic E-state index is 13.0. The maximum atomic E-state index is 13.0. The fraction of sp³-hybridized carbons (Fsp3) is 0.556. The molecular formula is C18H27N3O3. The van der Waals surface area contributed by atoms with Gasteiger partial charge in [-0.2, -0.15) is 0 Å². The van der Waals surface area contributed by atoms with Crippen LogP contribution in [0.15, 0.2) is 24.3 Å². The smallest absolute Gasteiger partial charge is 0.316 e. The van der Waals surface area contributed by atoms with Gasteiger partial charge in [-0.25, -0.2) is 0 Å². The highest BCUT2D eigenvalue weighted by molar-refractivity contribution is 6.40. The van der Waals surface area contributed by atoms with Crippen molar-refractivity contribution in [2.45, 2.75) is 57.7 Å². The van der Waals surface area contributed by atoms with Crippen LogP contribution in [-0.2, 0) is 9.59 Å². The number of anilines is 1. The number of carbonyl (C=O) groups excluding carboxylic acids is 2. The Morgan fingerprint density at radius 1 is 1.12 bits per heavy atom. The van der Waals surface area contributed by atoms with E-state index < -0.39 is 22.9 Å². The zero-order valence-corrected chi connectivity index (χ0v) is 15.0. The van der Waals surface area contributed by atoms with Crippen molar-refractivity contribution in [3.63, 3.8) is 0 Å². The van der Waals surface area contributed by atoms with Gasteiger partial charge >= 0.3 is 11.8 Å². The number of phenols is 1. The van der Waals surface area contributed by atoms with E-state index >= 15 is 0 Å². The van der Waals surface area contributed by atoms with Gasteiger partial charge < -0.3 is 20.6 Å². The molecule has 6 nitrogen and oxygen atoms in total. The average Bonchev–Trinajstić information content (AvgIpc) is 2.43. The summed E-state index contributed by atoms with van der Waals surface area (Å²) in [7, 11) is 1.56. The molecule has 1 fully saturated rings. The third kappa shape index (κ3) is 3.38. The quantitative estimate of drug-likeness (QED) is 0.768. The van der Waals surface area contributed by atoms with E-state index in [1.54, 1.807) is 24.1 Å². The van der Waals surface area contributed by atoms with Gasteiger partial charge in [0.1, 0.15) is 5.75 Å². The van der Waals surface area contributed by atoms with Crippen LogP contribution in [0.2, 0.25) is 0 Å². The largest absolute Gasteiger partial charge is 0.508 e. The summed E-state index contributed by atoms with van der Waals surface area (Å²) in [5.41, 5.74) is 5.69. The van der Waals surface area contributed by atoms with Gasteiger partial charge in [-0.05, 0) is 64.8 Å². The Morgan fingerprint density at radius 3 is 2.04 bits per heavy atom. The van der Waals surface area contributed by atoms with Gasteiger partial charge in [-0.1, -0.05) is 0 Å². The fourth-order valence-electron chi connectivity index (χ4n) is 3.94. The number of likely N-dealkylation sites (tertiary alicyclic amines) is 1. The summed E-state index contributed by atoms with van der Waals surface area (Å²) in [5, 5.41) is 9.36. The van der Waals surface area contributed by atoms with E-state index in [-0.39, 0.29) is 11.8 Å². The van der Waals surface area contributed by atoms with Crippen LogP contribution in [0, 0.1) is 0 Å². The molecule has 0 bridgehead atoms. The summed E-state index contributed by atoms with van der Waals surface area (Å²) in [4.78, 5) is 28.7. The molecule has 0 aliphatic carbocycles. The van der Waals surface area contributed by atoms with Crippen molar-refractivity contribution in [3.05, 3.63) is 24.3 Å². The first-order valence-corrected chi connectivity index (χ1v) is 8.13. The Kier molecular flexibility index (Phi) is 4.63. The minimum Gasteiger partial charge on any atom is -0.508 e. The Labute approximate surface area is 143 Å². The summed E-state index contributed by atoms with van der Waals surface area (Å²) in [6, 6.07) is 6.17. The van der Waals surface area contributed by atoms with Gasteiger partial charge in [-0.3, -0.25) is 9.59 Å². The highest BCUT2D eigenvalue weighted by atomic mass is 16.3. The number of benzene rings is 1. The second-order valence-electron chi connectivity index (χ2n) is 7.81. The minimum absolute atomic E-state index is 0.00369. The molecule has 2 rings (SSSR count). The van der Waals surface area contributed by atoms with Crippen LogP contribution in [-0.4, -0.2) is 46.0 Å². The van der Waals surface area contributed by atoms with Crippen molar-refractivity contribution < 1.29 is 14.7 Å². The van der Waals surface area contributed by atoms with Crippen LogP contribution in [0.4, 0.5) is 5.69 Å². The Hall–Kier alpha value is -2.08. The van der Waals surface area contributed by atoms with Gasteiger partial charge in [0.05, 0.1) is 0 Å². The first-order chi connectivity index (χ1) is 11.0. The minimum atomic E-state index is -0.600. The predicted molar refractivity (Wildman–Crippen MR) is 93.7 cm³/mol. The molecule has 0 saturated carbocycles. The lowest BCUT2D eigenvalue weighted by Crippen LogP contribution is -2.67. The van der Waals surface area contributed by atoms with Crippen molar-refractivity contribution in [1.29, 1.82) is 0 Å². The molecule has 1 aromatic carbocycles. The lowest BCUT2D eigenvalue weighted by molar-refractivity contribution is -0.157. The molecule has 1 aromatic rings. The first-order valence-electron chi connectivity index (χ1n) is 8.13. The number of nitrogens with zero attached hydrogens (tertiary/aromatic N) is 2. The van der Waals surface area contributed by atoms with E-state index in [0.717, 1.165) is 0 Å². The van der Waals surface area contributed by atoms with Crippen LogP contribution in [0.1, 0.15) is 40.5 Å². The molecule has 1 saturated heterocycles. The summed E-state index contributed by atoms with van der Waals surface area (Å²) in [6.07, 6.45) is 1.30. The van der Waals surface area contributed by atoms with Gasteiger partial charge in [0.15, 0.2) is 0 Å². The lowest BCUT2D eigenvalue weighted by atomic mass is 9.77. The predicted octanol–water partition coefficient (Wildman–Crippen LogP) is 1.86. The van der Waals surface area contributed by atoms with Crippen LogP contribution < -0.4 is 10.6 Å². The monoisotopic (exact) mass is 333 g/mol. The van der Waals surface area contributed by atoms with E-state index in [9.17, 15) is 14.7 Å². The van der Waals surface area contributed by atoms with E-state index in [1.165, 1.54) is 17.0 Å². The van der Waals surface area contributed by atoms with Crippen molar-refractivity contribution in [3.8, 4) is 5.75 Å². The van der Waals surface area contributed by atoms with Crippen LogP contribution in [0.25, 0.3) is 0 Å². The Balaban J connectivity index is 2.28. The standard InChI is InChI=1S/C18H27N3O3/c1-17(2)10-12(19)11-18(3,4)21(17)16(24)15(23)20(5)13-6-8-14(22)9-7-13/h6-9,12,22H,10-11,19H2,1-5H3. The number of nitrogens with two attached hydrogens (primary N) is 1. The fourth-order valence-corrected chi connectivity index (χ4v) is 3.94. The summed E-state index contributed by atoms with van der Waals surface area (Å²) >= 11 is 0. The number of carbonyl (C=O) groups is 2. The molecule has 0 spiro atoms. The SMILES string of the molecule is CN(C(=O)C(=O)N1C(C)(C)CC(N)CC1(C)C)c1ccc(O)cc1. The number of piperidine rings is 1. The Bertz CT molecular complexity index is 619. The number of phenolic OH excluding ortho intramolecular Hbond substituents is 1. The molecule has 0 radical (unpaired) electrons. The van der Waals surface area contributed by atoms with Crippen molar-refractivity contribution in [1.82, 2.24) is 4.90 Å². The molecule has 1 heterocycles. The Morgan fingerprint density at radius 2 is 1.58 bits per heavy atom. The second kappa shape index (κ2) is 6.09. The lowest BCUT2D eigenvalue weighted by Gasteiger charge is -2.54. The van der Waals surface area contributed by atoms with Crippen LogP contribution >= 0.6 is 0 Å². The van der Waals surface area contributed by atoms with E-state index in [0.29, 0.717) is 18.5 Å². The molecule has 1 aliphatic rings. The van der Waals surface area contributed by atoms with Crippen LogP contribution in [0.5, 0.6) is 5.75 Å². The molecule has 6 heteroatoms. The normalized spacial score (nSPS) is 19.8. The third-order valence-corrected chi connectivity index (χ3v) is 4.66. The topological polar surface area (TPSA) is 86.9 Å². The number of hydrogen-bond donors (Lipinski definition) is 2. The van der Waals surface area contributed by atoms with E-state index in [2.05, 4.69) is 0 Å². The second-order valence-corrected chi connectivity index (χ2v) is 7.81. The molecular weight excluding hydrogens is 306 g/mol. The van der Waals surface area contributed by atoms with Gasteiger partial charge in [0.25, 0.3) is 0 Å². The highest BCUT2D eigenvalue weighted by Crippen LogP contribution is 2.38. The van der Waals surface area contributed by atoms with Gasteiger partial charge in [0.2, 0.25) is 0 Å². The molecule has 3 N–H and O–H groups in total. The highest BCUT2D eigenvalue weighted by Gasteiger charge is 2.49. The molecule has 0 atom stereocenters.